The highest BCUT2D eigenvalue weighted by atomic mass is 35.5. The highest BCUT2D eigenvalue weighted by Gasteiger charge is 2.58. The Hall–Kier alpha value is -1.46. The zero-order valence-corrected chi connectivity index (χ0v) is 20.9. The molecule has 1 aromatic carbocycles. The van der Waals surface area contributed by atoms with Crippen molar-refractivity contribution in [3.05, 3.63) is 34.9 Å². The molecule has 6 unspecified atom stereocenters. The van der Waals surface area contributed by atoms with Gasteiger partial charge in [0, 0.05) is 16.7 Å². The fraction of sp³-hybridized carbons (Fsp3) is 0.630. The Bertz CT molecular complexity index is 975. The number of hydrogen-bond donors (Lipinski definition) is 1. The van der Waals surface area contributed by atoms with Crippen molar-refractivity contribution in [1.29, 1.82) is 0 Å². The van der Waals surface area contributed by atoms with Gasteiger partial charge >= 0.3 is 5.97 Å². The number of rotatable bonds is 5. The fourth-order valence-electron chi connectivity index (χ4n) is 7.72. The maximum Gasteiger partial charge on any atom is 0.344 e. The van der Waals surface area contributed by atoms with Crippen molar-refractivity contribution in [3.63, 3.8) is 0 Å². The van der Waals surface area contributed by atoms with Gasteiger partial charge in [-0.2, -0.15) is 0 Å². The van der Waals surface area contributed by atoms with Crippen LogP contribution in [0.25, 0.3) is 0 Å². The second-order valence-electron chi connectivity index (χ2n) is 10.4. The van der Waals surface area contributed by atoms with Crippen LogP contribution >= 0.6 is 24.2 Å². The van der Waals surface area contributed by atoms with E-state index < -0.39 is 0 Å². The zero-order chi connectivity index (χ0) is 23.2. The van der Waals surface area contributed by atoms with E-state index in [-0.39, 0.29) is 24.1 Å². The molecule has 0 bridgehead atoms. The Kier molecular flexibility index (Phi) is 6.56. The van der Waals surface area contributed by atoms with Gasteiger partial charge in [0.2, 0.25) is 0 Å². The third-order valence-electron chi connectivity index (χ3n) is 9.13. The van der Waals surface area contributed by atoms with Gasteiger partial charge in [-0.1, -0.05) is 24.1 Å². The van der Waals surface area contributed by atoms with E-state index in [1.54, 1.807) is 18.2 Å². The maximum absolute atomic E-state index is 12.7. The number of esters is 1. The second-order valence-corrected chi connectivity index (χ2v) is 11.3. The number of benzene rings is 1. The van der Waals surface area contributed by atoms with Crippen LogP contribution in [0.1, 0.15) is 64.7 Å². The molecule has 3 fully saturated rings. The monoisotopic (exact) mass is 488 g/mol. The molecular formula is C27H33ClO4S. The Morgan fingerprint density at radius 2 is 2.00 bits per heavy atom. The molecule has 0 spiro atoms. The minimum Gasteiger partial charge on any atom is -0.480 e. The molecule has 0 radical (unpaired) electrons. The molecule has 4 aliphatic carbocycles. The van der Waals surface area contributed by atoms with Crippen molar-refractivity contribution in [3.8, 4) is 5.75 Å². The first-order valence-corrected chi connectivity index (χ1v) is 13.3. The van der Waals surface area contributed by atoms with Crippen molar-refractivity contribution in [2.75, 3.05) is 6.61 Å². The molecule has 178 valence electrons. The Labute approximate surface area is 206 Å². The lowest BCUT2D eigenvalue weighted by atomic mass is 9.51. The quantitative estimate of drug-likeness (QED) is 0.382. The molecule has 4 aliphatic rings. The van der Waals surface area contributed by atoms with Crippen LogP contribution in [0, 0.1) is 29.1 Å². The third-order valence-corrected chi connectivity index (χ3v) is 9.70. The van der Waals surface area contributed by atoms with Gasteiger partial charge in [0.1, 0.15) is 11.9 Å². The van der Waals surface area contributed by atoms with Crippen molar-refractivity contribution >= 4 is 36.0 Å². The summed E-state index contributed by atoms with van der Waals surface area (Å²) < 4.78 is 11.7. The summed E-state index contributed by atoms with van der Waals surface area (Å²) in [7, 11) is 0. The van der Waals surface area contributed by atoms with Gasteiger partial charge < -0.3 is 9.47 Å². The van der Waals surface area contributed by atoms with E-state index in [9.17, 15) is 9.59 Å². The molecule has 6 heteroatoms. The average molecular weight is 489 g/mol. The first-order valence-electron chi connectivity index (χ1n) is 12.5. The number of allylic oxidation sites excluding steroid dienone is 1. The number of fused-ring (bicyclic) bond motifs is 5. The largest absolute Gasteiger partial charge is 0.480 e. The smallest absolute Gasteiger partial charge is 0.344 e. The molecule has 6 atom stereocenters. The summed E-state index contributed by atoms with van der Waals surface area (Å²) >= 11 is 10.5. The van der Waals surface area contributed by atoms with E-state index in [0.717, 1.165) is 43.4 Å². The van der Waals surface area contributed by atoms with Crippen LogP contribution < -0.4 is 4.74 Å². The van der Waals surface area contributed by atoms with Crippen molar-refractivity contribution < 1.29 is 19.1 Å². The van der Waals surface area contributed by atoms with Crippen LogP contribution in [-0.4, -0.2) is 24.5 Å². The lowest BCUT2D eigenvalue weighted by Gasteiger charge is -2.54. The number of ketones is 1. The molecule has 33 heavy (non-hydrogen) atoms. The molecule has 1 aromatic rings. The van der Waals surface area contributed by atoms with E-state index in [0.29, 0.717) is 46.6 Å². The van der Waals surface area contributed by atoms with Crippen LogP contribution in [0.15, 0.2) is 34.7 Å². The summed E-state index contributed by atoms with van der Waals surface area (Å²) in [5, 5.41) is 0.440. The van der Waals surface area contributed by atoms with E-state index in [4.69, 9.17) is 21.1 Å². The standard InChI is InChI=1S/C27H33ClO4S/c1-2-27-12-11-20-19-7-4-17(29)13-16(19)3-6-21(20)22(27)8-10-25(27)32-26(30)15-31-24-9-5-18(33)14-23(24)28/h5,9,13-14,19-22,25,33H,2-4,6-8,10-12,15H2,1H3. The number of halogens is 1. The van der Waals surface area contributed by atoms with Crippen LogP contribution in [0.2, 0.25) is 5.02 Å². The van der Waals surface area contributed by atoms with Gasteiger partial charge in [0.05, 0.1) is 5.02 Å². The number of hydrogen-bond acceptors (Lipinski definition) is 5. The predicted octanol–water partition coefficient (Wildman–Crippen LogP) is 6.45. The molecule has 4 nitrogen and oxygen atoms in total. The van der Waals surface area contributed by atoms with Gasteiger partial charge in [-0.25, -0.2) is 4.79 Å². The Morgan fingerprint density at radius 1 is 1.15 bits per heavy atom. The summed E-state index contributed by atoms with van der Waals surface area (Å²) in [5.74, 6) is 3.05. The number of ether oxygens (including phenoxy) is 2. The van der Waals surface area contributed by atoms with Crippen LogP contribution in [0.3, 0.4) is 0 Å². The summed E-state index contributed by atoms with van der Waals surface area (Å²) in [5.41, 5.74) is 1.49. The molecule has 3 saturated carbocycles. The Balaban J connectivity index is 1.25. The van der Waals surface area contributed by atoms with Gasteiger partial charge in [0.25, 0.3) is 0 Å². The highest BCUT2D eigenvalue weighted by Crippen LogP contribution is 2.63. The van der Waals surface area contributed by atoms with Crippen molar-refractivity contribution in [2.45, 2.75) is 75.7 Å². The second kappa shape index (κ2) is 9.30. The summed E-state index contributed by atoms with van der Waals surface area (Å²) in [4.78, 5) is 25.4. The van der Waals surface area contributed by atoms with Crippen molar-refractivity contribution in [1.82, 2.24) is 0 Å². The average Bonchev–Trinajstić information content (AvgIpc) is 3.16. The predicted molar refractivity (Wildman–Crippen MR) is 131 cm³/mol. The molecule has 0 amide bonds. The van der Waals surface area contributed by atoms with Crippen LogP contribution in [0.5, 0.6) is 5.75 Å². The molecule has 0 aliphatic heterocycles. The summed E-state index contributed by atoms with van der Waals surface area (Å²) in [6.07, 6.45) is 11.3. The van der Waals surface area contributed by atoms with Crippen LogP contribution in [0.4, 0.5) is 0 Å². The molecule has 5 rings (SSSR count). The third kappa shape index (κ3) is 4.25. The SMILES string of the molecule is CCC12CCC3C4CCC(=O)C=C4CCC3C1CCC2OC(=O)COc1ccc(S)cc1Cl. The topological polar surface area (TPSA) is 52.6 Å². The normalized spacial score (nSPS) is 35.2. The molecule has 0 heterocycles. The summed E-state index contributed by atoms with van der Waals surface area (Å²) in [6.45, 7) is 2.13. The highest BCUT2D eigenvalue weighted by molar-refractivity contribution is 7.80. The fourth-order valence-corrected chi connectivity index (χ4v) is 8.24. The number of carbonyl (C=O) groups excluding carboxylic acids is 2. The lowest BCUT2D eigenvalue weighted by Crippen LogP contribution is -2.49. The Morgan fingerprint density at radius 3 is 2.79 bits per heavy atom. The molecule has 0 saturated heterocycles. The van der Waals surface area contributed by atoms with Gasteiger partial charge in [-0.15, -0.1) is 12.6 Å². The first kappa shape index (κ1) is 23.3. The van der Waals surface area contributed by atoms with E-state index in [1.165, 1.54) is 18.4 Å². The first-order chi connectivity index (χ1) is 15.9. The van der Waals surface area contributed by atoms with E-state index in [2.05, 4.69) is 19.6 Å². The van der Waals surface area contributed by atoms with Crippen LogP contribution in [-0.2, 0) is 14.3 Å². The van der Waals surface area contributed by atoms with Gasteiger partial charge in [-0.05, 0) is 99.3 Å². The molecule has 0 aromatic heterocycles. The maximum atomic E-state index is 12.7. The van der Waals surface area contributed by atoms with Gasteiger partial charge in [0.15, 0.2) is 12.4 Å². The van der Waals surface area contributed by atoms with Gasteiger partial charge in [-0.3, -0.25) is 4.79 Å². The molecule has 0 N–H and O–H groups in total. The van der Waals surface area contributed by atoms with Crippen molar-refractivity contribution in [2.24, 2.45) is 29.1 Å². The number of thiol groups is 1. The number of carbonyl (C=O) groups is 2. The minimum absolute atomic E-state index is 0.0373. The lowest BCUT2D eigenvalue weighted by molar-refractivity contribution is -0.163. The molecular weight excluding hydrogens is 456 g/mol. The summed E-state index contributed by atoms with van der Waals surface area (Å²) in [6, 6.07) is 5.21. The minimum atomic E-state index is -0.318. The van der Waals surface area contributed by atoms with E-state index in [1.807, 2.05) is 6.08 Å². The van der Waals surface area contributed by atoms with E-state index >= 15 is 0 Å². The zero-order valence-electron chi connectivity index (χ0n) is 19.2.